The fourth-order valence-electron chi connectivity index (χ4n) is 3.28. The van der Waals surface area contributed by atoms with Gasteiger partial charge in [0.1, 0.15) is 0 Å². The van der Waals surface area contributed by atoms with Crippen molar-refractivity contribution in [3.63, 3.8) is 0 Å². The number of anilines is 1. The summed E-state index contributed by atoms with van der Waals surface area (Å²) in [4.78, 5) is 4.68. The highest BCUT2D eigenvalue weighted by atomic mass is 32.2. The molecule has 0 bridgehead atoms. The normalized spacial score (nSPS) is 24.8. The Morgan fingerprint density at radius 2 is 2.05 bits per heavy atom. The molecule has 1 saturated heterocycles. The van der Waals surface area contributed by atoms with E-state index in [9.17, 15) is 0 Å². The second-order valence-corrected chi connectivity index (χ2v) is 7.33. The number of nitrogens with zero attached hydrogens (tertiary/aromatic N) is 2. The number of rotatable bonds is 4. The average Bonchev–Trinajstić information content (AvgIpc) is 3.06. The zero-order chi connectivity index (χ0) is 13.1. The minimum Gasteiger partial charge on any atom is -0.355 e. The van der Waals surface area contributed by atoms with Gasteiger partial charge < -0.3 is 9.88 Å². The van der Waals surface area contributed by atoms with Gasteiger partial charge in [0.15, 0.2) is 0 Å². The predicted molar refractivity (Wildman–Crippen MR) is 83.1 cm³/mol. The lowest BCUT2D eigenvalue weighted by Crippen LogP contribution is -2.22. The quantitative estimate of drug-likeness (QED) is 0.903. The fourth-order valence-corrected chi connectivity index (χ4v) is 4.52. The smallest absolute Gasteiger partial charge is 0.203 e. The van der Waals surface area contributed by atoms with Gasteiger partial charge >= 0.3 is 0 Å². The van der Waals surface area contributed by atoms with Gasteiger partial charge in [-0.05, 0) is 38.4 Å². The van der Waals surface area contributed by atoms with E-state index >= 15 is 0 Å². The summed E-state index contributed by atoms with van der Waals surface area (Å²) in [6.45, 7) is 3.18. The molecule has 1 saturated carbocycles. The molecule has 0 aromatic carbocycles. The molecule has 1 aromatic heterocycles. The van der Waals surface area contributed by atoms with Gasteiger partial charge in [-0.2, -0.15) is 11.8 Å². The van der Waals surface area contributed by atoms with E-state index in [4.69, 9.17) is 0 Å². The molecule has 0 radical (unpaired) electrons. The van der Waals surface area contributed by atoms with Crippen LogP contribution in [0.1, 0.15) is 56.7 Å². The number of thioether (sulfide) groups is 1. The van der Waals surface area contributed by atoms with Crippen molar-refractivity contribution in [2.45, 2.75) is 63.2 Å². The molecule has 1 aliphatic heterocycles. The summed E-state index contributed by atoms with van der Waals surface area (Å²) in [5.41, 5.74) is 1.14. The summed E-state index contributed by atoms with van der Waals surface area (Å²) in [6, 6.07) is 0.683. The van der Waals surface area contributed by atoms with E-state index in [1.807, 2.05) is 0 Å². The molecule has 2 heterocycles. The van der Waals surface area contributed by atoms with Crippen molar-refractivity contribution in [2.75, 3.05) is 17.6 Å². The zero-order valence-corrected chi connectivity index (χ0v) is 12.7. The molecule has 19 heavy (non-hydrogen) atoms. The van der Waals surface area contributed by atoms with Crippen LogP contribution in [-0.2, 0) is 0 Å². The highest BCUT2D eigenvalue weighted by Gasteiger charge is 2.21. The maximum absolute atomic E-state index is 4.68. The molecule has 1 atom stereocenters. The van der Waals surface area contributed by atoms with E-state index in [1.54, 1.807) is 0 Å². The molecule has 1 aliphatic carbocycles. The van der Waals surface area contributed by atoms with E-state index in [0.29, 0.717) is 6.04 Å². The van der Waals surface area contributed by atoms with Gasteiger partial charge in [0.05, 0.1) is 5.69 Å². The standard InChI is InChI=1S/C15H25N3S/c1-12-11-18(13-6-2-3-7-13)15(17-12)16-10-14-8-4-5-9-19-14/h11,13-14H,2-10H2,1H3,(H,16,17). The van der Waals surface area contributed by atoms with Crippen molar-refractivity contribution in [2.24, 2.45) is 0 Å². The first kappa shape index (κ1) is 13.3. The lowest BCUT2D eigenvalue weighted by molar-refractivity contribution is 0.522. The summed E-state index contributed by atoms with van der Waals surface area (Å²) in [5, 5.41) is 4.39. The second-order valence-electron chi connectivity index (χ2n) is 5.92. The molecule has 2 fully saturated rings. The Morgan fingerprint density at radius 1 is 1.26 bits per heavy atom. The summed E-state index contributed by atoms with van der Waals surface area (Å²) in [7, 11) is 0. The third-order valence-electron chi connectivity index (χ3n) is 4.33. The Balaban J connectivity index is 1.62. The SMILES string of the molecule is Cc1cn(C2CCCC2)c(NCC2CCCCS2)n1. The second kappa shape index (κ2) is 6.21. The van der Waals surface area contributed by atoms with E-state index in [2.05, 4.69) is 39.8 Å². The molecule has 106 valence electrons. The van der Waals surface area contributed by atoms with Crippen LogP contribution in [-0.4, -0.2) is 27.1 Å². The van der Waals surface area contributed by atoms with Crippen LogP contribution in [0.4, 0.5) is 5.95 Å². The Kier molecular flexibility index (Phi) is 4.36. The van der Waals surface area contributed by atoms with Crippen molar-refractivity contribution in [3.05, 3.63) is 11.9 Å². The van der Waals surface area contributed by atoms with Gasteiger partial charge in [-0.15, -0.1) is 0 Å². The minimum absolute atomic E-state index is 0.683. The van der Waals surface area contributed by atoms with Crippen LogP contribution in [0.25, 0.3) is 0 Å². The van der Waals surface area contributed by atoms with Crippen molar-refractivity contribution in [1.82, 2.24) is 9.55 Å². The monoisotopic (exact) mass is 279 g/mol. The largest absolute Gasteiger partial charge is 0.355 e. The van der Waals surface area contributed by atoms with Gasteiger partial charge in [0.25, 0.3) is 0 Å². The average molecular weight is 279 g/mol. The van der Waals surface area contributed by atoms with Crippen molar-refractivity contribution in [3.8, 4) is 0 Å². The summed E-state index contributed by atoms with van der Waals surface area (Å²) in [5.74, 6) is 2.44. The van der Waals surface area contributed by atoms with Crippen molar-refractivity contribution in [1.29, 1.82) is 0 Å². The Labute approximate surface area is 120 Å². The Morgan fingerprint density at radius 3 is 2.79 bits per heavy atom. The first-order valence-corrected chi connectivity index (χ1v) is 8.79. The van der Waals surface area contributed by atoms with E-state index in [-0.39, 0.29) is 0 Å². The van der Waals surface area contributed by atoms with Crippen LogP contribution in [0.5, 0.6) is 0 Å². The maximum Gasteiger partial charge on any atom is 0.203 e. The highest BCUT2D eigenvalue weighted by molar-refractivity contribution is 7.99. The van der Waals surface area contributed by atoms with Crippen LogP contribution in [0.2, 0.25) is 0 Å². The highest BCUT2D eigenvalue weighted by Crippen LogP contribution is 2.32. The van der Waals surface area contributed by atoms with E-state index < -0.39 is 0 Å². The number of imidazole rings is 1. The van der Waals surface area contributed by atoms with Gasteiger partial charge in [0.2, 0.25) is 5.95 Å². The van der Waals surface area contributed by atoms with Crippen molar-refractivity contribution >= 4 is 17.7 Å². The van der Waals surface area contributed by atoms with E-state index in [1.165, 1.54) is 50.7 Å². The molecule has 3 rings (SSSR count). The molecule has 2 aliphatic rings. The van der Waals surface area contributed by atoms with Crippen LogP contribution in [0, 0.1) is 6.92 Å². The molecule has 0 spiro atoms. The lowest BCUT2D eigenvalue weighted by Gasteiger charge is -2.22. The van der Waals surface area contributed by atoms with Crippen LogP contribution in [0.15, 0.2) is 6.20 Å². The zero-order valence-electron chi connectivity index (χ0n) is 11.9. The third kappa shape index (κ3) is 3.28. The Hall–Kier alpha value is -0.640. The molecule has 1 N–H and O–H groups in total. The summed E-state index contributed by atoms with van der Waals surface area (Å²) < 4.78 is 2.40. The van der Waals surface area contributed by atoms with Gasteiger partial charge in [-0.25, -0.2) is 4.98 Å². The van der Waals surface area contributed by atoms with Gasteiger partial charge in [0, 0.05) is 24.0 Å². The van der Waals surface area contributed by atoms with Crippen LogP contribution in [0.3, 0.4) is 0 Å². The van der Waals surface area contributed by atoms with Crippen LogP contribution < -0.4 is 5.32 Å². The molecule has 4 heteroatoms. The maximum atomic E-state index is 4.68. The van der Waals surface area contributed by atoms with Gasteiger partial charge in [-0.3, -0.25) is 0 Å². The first-order valence-electron chi connectivity index (χ1n) is 7.74. The number of aromatic nitrogens is 2. The molecule has 3 nitrogen and oxygen atoms in total. The summed E-state index contributed by atoms with van der Waals surface area (Å²) >= 11 is 2.13. The molecule has 1 unspecified atom stereocenters. The molecule has 1 aromatic rings. The third-order valence-corrected chi connectivity index (χ3v) is 5.73. The van der Waals surface area contributed by atoms with Crippen molar-refractivity contribution < 1.29 is 0 Å². The van der Waals surface area contributed by atoms with Crippen LogP contribution >= 0.6 is 11.8 Å². The number of hydrogen-bond donors (Lipinski definition) is 1. The minimum atomic E-state index is 0.683. The first-order chi connectivity index (χ1) is 9.33. The Bertz CT molecular complexity index is 404. The topological polar surface area (TPSA) is 29.9 Å². The predicted octanol–water partition coefficient (Wildman–Crippen LogP) is 4.00. The number of nitrogens with one attached hydrogen (secondary N) is 1. The molecular weight excluding hydrogens is 254 g/mol. The van der Waals surface area contributed by atoms with Gasteiger partial charge in [-0.1, -0.05) is 19.3 Å². The summed E-state index contributed by atoms with van der Waals surface area (Å²) in [6.07, 6.45) is 11.8. The number of hydrogen-bond acceptors (Lipinski definition) is 3. The fraction of sp³-hybridized carbons (Fsp3) is 0.800. The van der Waals surface area contributed by atoms with E-state index in [0.717, 1.165) is 23.4 Å². The number of aryl methyl sites for hydroxylation is 1. The molecule has 0 amide bonds. The molecular formula is C15H25N3S. The lowest BCUT2D eigenvalue weighted by atomic mass is 10.2.